The summed E-state index contributed by atoms with van der Waals surface area (Å²) in [5.74, 6) is -0.330. The van der Waals surface area contributed by atoms with E-state index in [1.54, 1.807) is 0 Å². The number of nitrogens with one attached hydrogen (secondary N) is 1. The van der Waals surface area contributed by atoms with Crippen molar-refractivity contribution in [2.75, 3.05) is 6.61 Å². The van der Waals surface area contributed by atoms with Crippen molar-refractivity contribution in [2.45, 2.75) is 110 Å². The van der Waals surface area contributed by atoms with Gasteiger partial charge in [-0.1, -0.05) is 84.0 Å². The average Bonchev–Trinajstić information content (AvgIpc) is 2.56. The van der Waals surface area contributed by atoms with Crippen LogP contribution in [0.25, 0.3) is 0 Å². The third-order valence-electron chi connectivity index (χ3n) is 4.52. The molecule has 0 aliphatic heterocycles. The molecule has 0 rings (SSSR count). The molecule has 0 aromatic rings. The Bertz CT molecular complexity index is 318. The molecule has 4 heteroatoms. The maximum Gasteiger partial charge on any atom is 0.220 e. The van der Waals surface area contributed by atoms with E-state index in [2.05, 4.69) is 12.2 Å². The van der Waals surface area contributed by atoms with E-state index in [0.717, 1.165) is 12.8 Å². The van der Waals surface area contributed by atoms with Crippen LogP contribution >= 0.6 is 0 Å². The molecular weight excluding hydrogens is 302 g/mol. The second-order valence-electron chi connectivity index (χ2n) is 6.91. The van der Waals surface area contributed by atoms with Crippen LogP contribution in [-0.4, -0.2) is 29.4 Å². The van der Waals surface area contributed by atoms with Gasteiger partial charge in [-0.15, -0.1) is 0 Å². The van der Waals surface area contributed by atoms with Gasteiger partial charge in [-0.2, -0.15) is 0 Å². The summed E-state index contributed by atoms with van der Waals surface area (Å²) in [4.78, 5) is 22.8. The normalized spacial score (nSPS) is 12.1. The van der Waals surface area contributed by atoms with Crippen molar-refractivity contribution in [3.63, 3.8) is 0 Å². The maximum absolute atomic E-state index is 11.6. The van der Waals surface area contributed by atoms with E-state index in [4.69, 9.17) is 5.11 Å². The molecule has 142 valence electrons. The number of aliphatic hydroxyl groups excluding tert-OH is 1. The molecule has 0 fully saturated rings. The fraction of sp³-hybridized carbons (Fsp3) is 0.900. The van der Waals surface area contributed by atoms with E-state index in [-0.39, 0.29) is 18.3 Å². The van der Waals surface area contributed by atoms with Crippen molar-refractivity contribution < 1.29 is 14.7 Å². The number of carbonyl (C=O) groups is 2. The minimum atomic E-state index is -0.737. The van der Waals surface area contributed by atoms with Gasteiger partial charge in [0, 0.05) is 6.42 Å². The van der Waals surface area contributed by atoms with Gasteiger partial charge in [-0.3, -0.25) is 9.59 Å². The fourth-order valence-corrected chi connectivity index (χ4v) is 2.85. The highest BCUT2D eigenvalue weighted by Crippen LogP contribution is 2.12. The Kier molecular flexibility index (Phi) is 16.3. The van der Waals surface area contributed by atoms with Crippen LogP contribution in [0.1, 0.15) is 104 Å². The van der Waals surface area contributed by atoms with Gasteiger partial charge in [0.2, 0.25) is 5.91 Å². The summed E-state index contributed by atoms with van der Waals surface area (Å²) in [6.45, 7) is 3.32. The zero-order chi connectivity index (χ0) is 18.0. The van der Waals surface area contributed by atoms with E-state index in [9.17, 15) is 9.59 Å². The lowest BCUT2D eigenvalue weighted by atomic mass is 10.0. The van der Waals surface area contributed by atoms with E-state index >= 15 is 0 Å². The van der Waals surface area contributed by atoms with Gasteiger partial charge in [0.1, 0.15) is 6.04 Å². The highest BCUT2D eigenvalue weighted by Gasteiger charge is 2.14. The van der Waals surface area contributed by atoms with E-state index in [1.807, 2.05) is 0 Å². The molecule has 0 aliphatic carbocycles. The molecule has 0 heterocycles. The minimum Gasteiger partial charge on any atom is -0.394 e. The molecule has 1 amide bonds. The zero-order valence-electron chi connectivity index (χ0n) is 15.9. The topological polar surface area (TPSA) is 66.4 Å². The molecule has 4 nitrogen and oxygen atoms in total. The smallest absolute Gasteiger partial charge is 0.220 e. The van der Waals surface area contributed by atoms with Crippen molar-refractivity contribution in [3.05, 3.63) is 0 Å². The Morgan fingerprint density at radius 2 is 1.21 bits per heavy atom. The predicted octanol–water partition coefficient (Wildman–Crippen LogP) is 4.53. The number of rotatable bonds is 17. The van der Waals surface area contributed by atoms with Gasteiger partial charge < -0.3 is 10.4 Å². The van der Waals surface area contributed by atoms with Crippen molar-refractivity contribution in [2.24, 2.45) is 0 Å². The van der Waals surface area contributed by atoms with Crippen LogP contribution in [0.4, 0.5) is 0 Å². The second-order valence-corrected chi connectivity index (χ2v) is 6.91. The van der Waals surface area contributed by atoms with Crippen LogP contribution in [-0.2, 0) is 9.59 Å². The monoisotopic (exact) mass is 341 g/mol. The number of Topliss-reactive ketones (excluding diaryl/α,β-unsaturated/α-hetero) is 1. The van der Waals surface area contributed by atoms with Crippen molar-refractivity contribution in [3.8, 4) is 0 Å². The number of carbonyl (C=O) groups excluding carboxylic acids is 2. The molecule has 0 saturated heterocycles. The van der Waals surface area contributed by atoms with Crippen LogP contribution in [0, 0.1) is 0 Å². The third-order valence-corrected chi connectivity index (χ3v) is 4.52. The Morgan fingerprint density at radius 3 is 1.58 bits per heavy atom. The largest absolute Gasteiger partial charge is 0.394 e. The first-order chi connectivity index (χ1) is 11.6. The lowest BCUT2D eigenvalue weighted by Gasteiger charge is -2.12. The molecule has 1 atom stereocenters. The Balaban J connectivity index is 3.30. The number of amides is 1. The quantitative estimate of drug-likeness (QED) is 0.382. The van der Waals surface area contributed by atoms with Crippen molar-refractivity contribution in [1.82, 2.24) is 5.32 Å². The molecule has 2 N–H and O–H groups in total. The second kappa shape index (κ2) is 16.9. The summed E-state index contributed by atoms with van der Waals surface area (Å²) < 4.78 is 0. The molecule has 1 unspecified atom stereocenters. The first-order valence-electron chi connectivity index (χ1n) is 10.0. The average molecular weight is 342 g/mol. The van der Waals surface area contributed by atoms with Crippen LogP contribution in [0.2, 0.25) is 0 Å². The standard InChI is InChI=1S/C20H39NO3/c1-3-4-5-6-7-8-9-10-11-12-13-14-15-16-20(24)21-19(17-22)18(2)23/h19,22H,3-17H2,1-2H3,(H,21,24). The van der Waals surface area contributed by atoms with Gasteiger partial charge in [0.25, 0.3) is 0 Å². The van der Waals surface area contributed by atoms with Crippen molar-refractivity contribution >= 4 is 11.7 Å². The van der Waals surface area contributed by atoms with Gasteiger partial charge in [-0.05, 0) is 13.3 Å². The molecule has 0 aromatic carbocycles. The van der Waals surface area contributed by atoms with Crippen LogP contribution in [0.15, 0.2) is 0 Å². The predicted molar refractivity (Wildman–Crippen MR) is 100 cm³/mol. The number of hydrogen-bond donors (Lipinski definition) is 2. The summed E-state index contributed by atoms with van der Waals surface area (Å²) in [5.41, 5.74) is 0. The fourth-order valence-electron chi connectivity index (χ4n) is 2.85. The summed E-state index contributed by atoms with van der Waals surface area (Å²) in [5, 5.41) is 11.6. The highest BCUT2D eigenvalue weighted by atomic mass is 16.3. The molecule has 0 aromatic heterocycles. The molecular formula is C20H39NO3. The SMILES string of the molecule is CCCCCCCCCCCCCCCC(=O)NC(CO)C(C)=O. The zero-order valence-corrected chi connectivity index (χ0v) is 15.9. The number of unbranched alkanes of at least 4 members (excludes halogenated alkanes) is 12. The Hall–Kier alpha value is -0.900. The van der Waals surface area contributed by atoms with Crippen LogP contribution < -0.4 is 5.32 Å². The van der Waals surface area contributed by atoms with Gasteiger partial charge in [-0.25, -0.2) is 0 Å². The van der Waals surface area contributed by atoms with Crippen LogP contribution in [0.5, 0.6) is 0 Å². The van der Waals surface area contributed by atoms with E-state index in [1.165, 1.54) is 77.6 Å². The molecule has 0 spiro atoms. The first kappa shape index (κ1) is 23.1. The van der Waals surface area contributed by atoms with Gasteiger partial charge in [0.15, 0.2) is 5.78 Å². The molecule has 0 saturated carbocycles. The number of aliphatic hydroxyl groups is 1. The maximum atomic E-state index is 11.6. The van der Waals surface area contributed by atoms with Crippen molar-refractivity contribution in [1.29, 1.82) is 0 Å². The molecule has 0 radical (unpaired) electrons. The molecule has 24 heavy (non-hydrogen) atoms. The minimum absolute atomic E-state index is 0.132. The third kappa shape index (κ3) is 14.7. The van der Waals surface area contributed by atoms with Gasteiger partial charge in [0.05, 0.1) is 6.61 Å². The Morgan fingerprint density at radius 1 is 0.792 bits per heavy atom. The first-order valence-corrected chi connectivity index (χ1v) is 10.0. The number of hydrogen-bond acceptors (Lipinski definition) is 3. The summed E-state index contributed by atoms with van der Waals surface area (Å²) >= 11 is 0. The highest BCUT2D eigenvalue weighted by molar-refractivity contribution is 5.87. The molecule has 0 bridgehead atoms. The number of ketones is 1. The lowest BCUT2D eigenvalue weighted by Crippen LogP contribution is -2.42. The van der Waals surface area contributed by atoms with E-state index in [0.29, 0.717) is 6.42 Å². The van der Waals surface area contributed by atoms with E-state index < -0.39 is 6.04 Å². The Labute approximate surface area is 148 Å². The lowest BCUT2D eigenvalue weighted by molar-refractivity contribution is -0.127. The molecule has 0 aliphatic rings. The summed E-state index contributed by atoms with van der Waals surface area (Å²) in [6.07, 6.45) is 17.1. The summed E-state index contributed by atoms with van der Waals surface area (Å²) in [7, 11) is 0. The summed E-state index contributed by atoms with van der Waals surface area (Å²) in [6, 6.07) is -0.737. The van der Waals surface area contributed by atoms with Crippen LogP contribution in [0.3, 0.4) is 0 Å². The van der Waals surface area contributed by atoms with Gasteiger partial charge >= 0.3 is 0 Å².